The molecular formula is C36H42N6O4. The lowest BCUT2D eigenvalue weighted by Crippen LogP contribution is -2.48. The largest absolute Gasteiger partial charge is 0.393 e. The van der Waals surface area contributed by atoms with E-state index in [1.807, 2.05) is 67.6 Å². The van der Waals surface area contributed by atoms with Crippen LogP contribution in [0.5, 0.6) is 0 Å². The van der Waals surface area contributed by atoms with E-state index in [-0.39, 0.29) is 35.8 Å². The van der Waals surface area contributed by atoms with Crippen LogP contribution in [0.15, 0.2) is 66.9 Å². The zero-order chi connectivity index (χ0) is 32.2. The first kappa shape index (κ1) is 31.4. The van der Waals surface area contributed by atoms with Gasteiger partial charge in [-0.2, -0.15) is 5.10 Å². The van der Waals surface area contributed by atoms with Crippen LogP contribution in [0, 0.1) is 18.8 Å². The van der Waals surface area contributed by atoms with Gasteiger partial charge in [-0.25, -0.2) is 0 Å². The Morgan fingerprint density at radius 1 is 1.00 bits per heavy atom. The summed E-state index contributed by atoms with van der Waals surface area (Å²) in [4.78, 5) is 39.6. The van der Waals surface area contributed by atoms with Crippen molar-refractivity contribution in [2.24, 2.45) is 17.6 Å². The van der Waals surface area contributed by atoms with Crippen molar-refractivity contribution in [3.8, 4) is 11.1 Å². The lowest BCUT2D eigenvalue weighted by molar-refractivity contribution is -0.130. The first-order valence-electron chi connectivity index (χ1n) is 16.2. The molecule has 2 aliphatic rings. The number of amides is 3. The Kier molecular flexibility index (Phi) is 9.46. The number of nitrogens with one attached hydrogen (secondary N) is 4. The summed E-state index contributed by atoms with van der Waals surface area (Å²) in [6.45, 7) is 2.62. The Hall–Kier alpha value is -4.54. The van der Waals surface area contributed by atoms with Crippen LogP contribution in [-0.4, -0.2) is 57.8 Å². The van der Waals surface area contributed by atoms with Gasteiger partial charge in [0.15, 0.2) is 0 Å². The summed E-state index contributed by atoms with van der Waals surface area (Å²) in [5, 5.41) is 26.4. The van der Waals surface area contributed by atoms with Gasteiger partial charge >= 0.3 is 0 Å². The number of aliphatic hydroxyl groups is 1. The minimum absolute atomic E-state index is 0.0249. The number of carbonyl (C=O) groups excluding carboxylic acids is 3. The molecule has 6 rings (SSSR count). The Bertz CT molecular complexity index is 1700. The molecule has 1 aromatic heterocycles. The molecule has 46 heavy (non-hydrogen) atoms. The highest BCUT2D eigenvalue weighted by Crippen LogP contribution is 2.29. The number of H-pyrrole nitrogens is 1. The molecule has 0 aliphatic heterocycles. The molecule has 0 spiro atoms. The molecule has 0 saturated heterocycles. The van der Waals surface area contributed by atoms with Crippen LogP contribution in [0.2, 0.25) is 0 Å². The van der Waals surface area contributed by atoms with Crippen molar-refractivity contribution < 1.29 is 19.5 Å². The minimum atomic E-state index is -0.764. The molecule has 240 valence electrons. The van der Waals surface area contributed by atoms with E-state index >= 15 is 0 Å². The Morgan fingerprint density at radius 2 is 1.76 bits per heavy atom. The summed E-state index contributed by atoms with van der Waals surface area (Å²) < 4.78 is 0. The van der Waals surface area contributed by atoms with E-state index < -0.39 is 6.04 Å². The Morgan fingerprint density at radius 3 is 2.46 bits per heavy atom. The number of aromatic amines is 1. The van der Waals surface area contributed by atoms with Crippen LogP contribution in [0.3, 0.4) is 0 Å². The Balaban J connectivity index is 1.15. The third-order valence-electron chi connectivity index (χ3n) is 9.54. The third kappa shape index (κ3) is 7.29. The molecule has 7 N–H and O–H groups in total. The minimum Gasteiger partial charge on any atom is -0.393 e. The van der Waals surface area contributed by atoms with Crippen LogP contribution in [0.4, 0.5) is 5.69 Å². The number of aryl methyl sites for hydroxylation is 1. The van der Waals surface area contributed by atoms with Crippen molar-refractivity contribution in [2.75, 3.05) is 11.9 Å². The summed E-state index contributed by atoms with van der Waals surface area (Å²) >= 11 is 0. The van der Waals surface area contributed by atoms with Gasteiger partial charge < -0.3 is 26.8 Å². The number of hydrogen-bond donors (Lipinski definition) is 6. The van der Waals surface area contributed by atoms with Gasteiger partial charge in [-0.15, -0.1) is 0 Å². The maximum Gasteiger partial charge on any atom is 0.251 e. The molecule has 10 heteroatoms. The number of anilines is 1. The van der Waals surface area contributed by atoms with E-state index in [9.17, 15) is 19.5 Å². The van der Waals surface area contributed by atoms with E-state index in [0.29, 0.717) is 43.0 Å². The second kappa shape index (κ2) is 13.8. The van der Waals surface area contributed by atoms with E-state index in [4.69, 9.17) is 5.73 Å². The number of nitrogens with zero attached hydrogens (tertiary/aromatic N) is 1. The van der Waals surface area contributed by atoms with Crippen molar-refractivity contribution in [3.63, 3.8) is 0 Å². The normalized spacial score (nSPS) is 21.6. The topological polar surface area (TPSA) is 162 Å². The van der Waals surface area contributed by atoms with Gasteiger partial charge in [0.1, 0.15) is 6.04 Å². The van der Waals surface area contributed by atoms with Crippen LogP contribution < -0.4 is 21.7 Å². The number of benzene rings is 3. The van der Waals surface area contributed by atoms with E-state index in [0.717, 1.165) is 58.8 Å². The van der Waals surface area contributed by atoms with E-state index in [1.165, 1.54) is 0 Å². The van der Waals surface area contributed by atoms with Gasteiger partial charge in [-0.1, -0.05) is 30.3 Å². The molecule has 2 saturated carbocycles. The lowest BCUT2D eigenvalue weighted by atomic mass is 9.81. The van der Waals surface area contributed by atoms with Crippen LogP contribution in [0.1, 0.15) is 60.0 Å². The fraction of sp³-hybridized carbons (Fsp3) is 0.389. The first-order chi connectivity index (χ1) is 22.2. The highest BCUT2D eigenvalue weighted by atomic mass is 16.3. The highest BCUT2D eigenvalue weighted by molar-refractivity contribution is 5.99. The fourth-order valence-electron chi connectivity index (χ4n) is 6.56. The van der Waals surface area contributed by atoms with Crippen molar-refractivity contribution in [2.45, 2.75) is 70.1 Å². The van der Waals surface area contributed by atoms with Crippen molar-refractivity contribution in [1.29, 1.82) is 0 Å². The molecule has 0 bridgehead atoms. The van der Waals surface area contributed by atoms with Gasteiger partial charge in [0.2, 0.25) is 11.8 Å². The maximum atomic E-state index is 13.6. The molecule has 3 aromatic carbocycles. The van der Waals surface area contributed by atoms with Crippen molar-refractivity contribution in [3.05, 3.63) is 83.6 Å². The van der Waals surface area contributed by atoms with Gasteiger partial charge in [0.05, 0.1) is 17.8 Å². The number of aromatic nitrogens is 2. The summed E-state index contributed by atoms with van der Waals surface area (Å²) in [6, 6.07) is 18.4. The maximum absolute atomic E-state index is 13.6. The van der Waals surface area contributed by atoms with Gasteiger partial charge in [-0.05, 0) is 110 Å². The predicted molar refractivity (Wildman–Crippen MR) is 178 cm³/mol. The quantitative estimate of drug-likeness (QED) is 0.155. The number of fused-ring (bicyclic) bond motifs is 1. The summed E-state index contributed by atoms with van der Waals surface area (Å²) in [7, 11) is 0. The van der Waals surface area contributed by atoms with Crippen molar-refractivity contribution in [1.82, 2.24) is 20.8 Å². The second-order valence-electron chi connectivity index (χ2n) is 12.9. The number of rotatable bonds is 10. The molecular weight excluding hydrogens is 580 g/mol. The van der Waals surface area contributed by atoms with E-state index in [1.54, 1.807) is 6.20 Å². The standard InChI is InChI=1S/C36H42N6O4/c1-21-14-26(35(45)40-29-16-30(43)17-29)11-13-31(21)24-6-2-22(3-7-24)15-33(41-34(44)25-8-4-23(19-37)5-9-25)36(46)39-28-12-10-27-20-38-42-32(27)18-28/h2-3,6-7,10-14,18,20,23,25,29-30,33,43H,4-5,8-9,15-17,19,37H2,1H3,(H,38,42)(H,39,46)(H,40,45)(H,41,44). The molecule has 2 aliphatic carbocycles. The number of carbonyl (C=O) groups is 3. The van der Waals surface area contributed by atoms with Gasteiger partial charge in [0.25, 0.3) is 5.91 Å². The monoisotopic (exact) mass is 622 g/mol. The molecule has 1 heterocycles. The summed E-state index contributed by atoms with van der Waals surface area (Å²) in [5.74, 6) is -0.184. The van der Waals surface area contributed by atoms with E-state index in [2.05, 4.69) is 26.1 Å². The van der Waals surface area contributed by atoms with Crippen LogP contribution in [-0.2, 0) is 16.0 Å². The van der Waals surface area contributed by atoms with Gasteiger partial charge in [-0.3, -0.25) is 19.5 Å². The van der Waals surface area contributed by atoms with Crippen LogP contribution >= 0.6 is 0 Å². The molecule has 3 amide bonds. The summed E-state index contributed by atoms with van der Waals surface area (Å²) in [5.41, 5.74) is 11.8. The van der Waals surface area contributed by atoms with Crippen molar-refractivity contribution >= 4 is 34.3 Å². The number of aliphatic hydroxyl groups excluding tert-OH is 1. The molecule has 1 unspecified atom stereocenters. The van der Waals surface area contributed by atoms with Crippen LogP contribution in [0.25, 0.3) is 22.0 Å². The zero-order valence-electron chi connectivity index (χ0n) is 26.1. The third-order valence-corrected chi connectivity index (χ3v) is 9.54. The number of nitrogens with two attached hydrogens (primary N) is 1. The highest BCUT2D eigenvalue weighted by Gasteiger charge is 2.30. The second-order valence-corrected chi connectivity index (χ2v) is 12.9. The fourth-order valence-corrected chi connectivity index (χ4v) is 6.56. The SMILES string of the molecule is Cc1cc(C(=O)NC2CC(O)C2)ccc1-c1ccc(CC(NC(=O)C2CCC(CN)CC2)C(=O)Nc2ccc3cn[nH]c3c2)cc1. The predicted octanol–water partition coefficient (Wildman–Crippen LogP) is 4.22. The molecule has 4 aromatic rings. The lowest BCUT2D eigenvalue weighted by Gasteiger charge is -2.32. The molecule has 1 atom stereocenters. The number of hydrogen-bond acceptors (Lipinski definition) is 6. The average Bonchev–Trinajstić information content (AvgIpc) is 3.52. The average molecular weight is 623 g/mol. The molecule has 2 fully saturated rings. The zero-order valence-corrected chi connectivity index (χ0v) is 26.1. The first-order valence-corrected chi connectivity index (χ1v) is 16.2. The summed E-state index contributed by atoms with van der Waals surface area (Å²) in [6.07, 6.45) is 6.32. The molecule has 0 radical (unpaired) electrons. The Labute approximate surface area is 268 Å². The molecule has 10 nitrogen and oxygen atoms in total. The smallest absolute Gasteiger partial charge is 0.251 e. The van der Waals surface area contributed by atoms with Gasteiger partial charge in [0, 0.05) is 35.0 Å².